The summed E-state index contributed by atoms with van der Waals surface area (Å²) in [5, 5.41) is 0. The summed E-state index contributed by atoms with van der Waals surface area (Å²) in [5.74, 6) is 0.712. The molecule has 0 atom stereocenters. The third kappa shape index (κ3) is 2.46. The fraction of sp³-hybridized carbons (Fsp3) is 0.278. The molecule has 0 saturated heterocycles. The number of hydrogen-bond donors (Lipinski definition) is 0. The Hall–Kier alpha value is -2.09. The van der Waals surface area contributed by atoms with Crippen LogP contribution in [0, 0.1) is 0 Å². The standard InChI is InChI=1S/C18H19NO/c1-18(2,3)15-10-8-13(9-11-15)17-19-16-7-5-4-6-14(16)12-20-17/h4-11H,12H2,1-3H3. The van der Waals surface area contributed by atoms with Gasteiger partial charge < -0.3 is 4.74 Å². The fourth-order valence-electron chi connectivity index (χ4n) is 2.29. The summed E-state index contributed by atoms with van der Waals surface area (Å²) < 4.78 is 5.77. The van der Waals surface area contributed by atoms with Crippen molar-refractivity contribution in [3.8, 4) is 0 Å². The molecule has 1 aliphatic rings. The van der Waals surface area contributed by atoms with Crippen molar-refractivity contribution in [2.45, 2.75) is 32.8 Å². The second-order valence-corrected chi connectivity index (χ2v) is 6.16. The molecule has 0 unspecified atom stereocenters. The summed E-state index contributed by atoms with van der Waals surface area (Å²) in [6.07, 6.45) is 0. The van der Waals surface area contributed by atoms with Gasteiger partial charge in [0.15, 0.2) is 0 Å². The van der Waals surface area contributed by atoms with E-state index >= 15 is 0 Å². The van der Waals surface area contributed by atoms with Crippen LogP contribution < -0.4 is 0 Å². The SMILES string of the molecule is CC(C)(C)c1ccc(C2=Nc3ccccc3CO2)cc1. The van der Waals surface area contributed by atoms with Crippen molar-refractivity contribution in [3.05, 3.63) is 65.2 Å². The largest absolute Gasteiger partial charge is 0.472 e. The quantitative estimate of drug-likeness (QED) is 0.739. The number of aliphatic imine (C=N–C) groups is 1. The lowest BCUT2D eigenvalue weighted by molar-refractivity contribution is 0.288. The van der Waals surface area contributed by atoms with E-state index < -0.39 is 0 Å². The van der Waals surface area contributed by atoms with Crippen molar-refractivity contribution in [3.63, 3.8) is 0 Å². The Morgan fingerprint density at radius 2 is 1.65 bits per heavy atom. The summed E-state index contributed by atoms with van der Waals surface area (Å²) in [7, 11) is 0. The first-order valence-corrected chi connectivity index (χ1v) is 6.94. The molecule has 0 aromatic heterocycles. The molecule has 1 heterocycles. The number of nitrogens with zero attached hydrogens (tertiary/aromatic N) is 1. The van der Waals surface area contributed by atoms with Crippen LogP contribution >= 0.6 is 0 Å². The Morgan fingerprint density at radius 1 is 0.950 bits per heavy atom. The van der Waals surface area contributed by atoms with Gasteiger partial charge in [-0.05, 0) is 29.2 Å². The summed E-state index contributed by atoms with van der Waals surface area (Å²) in [6.45, 7) is 7.24. The van der Waals surface area contributed by atoms with Crippen LogP contribution in [0.3, 0.4) is 0 Å². The Kier molecular flexibility index (Phi) is 3.09. The number of para-hydroxylation sites is 1. The highest BCUT2D eigenvalue weighted by molar-refractivity contribution is 5.96. The smallest absolute Gasteiger partial charge is 0.221 e. The summed E-state index contributed by atoms with van der Waals surface area (Å²) in [4.78, 5) is 4.60. The van der Waals surface area contributed by atoms with Crippen LogP contribution in [0.4, 0.5) is 5.69 Å². The molecule has 0 radical (unpaired) electrons. The number of fused-ring (bicyclic) bond motifs is 1. The van der Waals surface area contributed by atoms with Crippen molar-refractivity contribution in [2.24, 2.45) is 4.99 Å². The molecule has 0 amide bonds. The Morgan fingerprint density at radius 3 is 2.35 bits per heavy atom. The molecule has 102 valence electrons. The van der Waals surface area contributed by atoms with Crippen LogP contribution in [0.5, 0.6) is 0 Å². The highest BCUT2D eigenvalue weighted by Crippen LogP contribution is 2.27. The minimum Gasteiger partial charge on any atom is -0.472 e. The summed E-state index contributed by atoms with van der Waals surface area (Å²) >= 11 is 0. The maximum atomic E-state index is 5.77. The van der Waals surface area contributed by atoms with E-state index in [-0.39, 0.29) is 5.41 Å². The van der Waals surface area contributed by atoms with Crippen LogP contribution in [0.1, 0.15) is 37.5 Å². The molecular weight excluding hydrogens is 246 g/mol. The zero-order valence-corrected chi connectivity index (χ0v) is 12.2. The third-order valence-electron chi connectivity index (χ3n) is 3.58. The van der Waals surface area contributed by atoms with Gasteiger partial charge in [-0.3, -0.25) is 0 Å². The number of hydrogen-bond acceptors (Lipinski definition) is 2. The molecule has 0 fully saturated rings. The zero-order chi connectivity index (χ0) is 14.2. The van der Waals surface area contributed by atoms with E-state index in [4.69, 9.17) is 4.74 Å². The average Bonchev–Trinajstić information content (AvgIpc) is 2.46. The molecule has 2 aromatic carbocycles. The molecule has 1 aliphatic heterocycles. The fourth-order valence-corrected chi connectivity index (χ4v) is 2.29. The molecule has 0 saturated carbocycles. The maximum absolute atomic E-state index is 5.77. The average molecular weight is 265 g/mol. The summed E-state index contributed by atoms with van der Waals surface area (Å²) in [5.41, 5.74) is 4.67. The maximum Gasteiger partial charge on any atom is 0.221 e. The molecule has 2 heteroatoms. The van der Waals surface area contributed by atoms with Gasteiger partial charge in [0.2, 0.25) is 5.90 Å². The Balaban J connectivity index is 1.93. The second kappa shape index (κ2) is 4.78. The topological polar surface area (TPSA) is 21.6 Å². The molecule has 0 bridgehead atoms. The van der Waals surface area contributed by atoms with E-state index in [0.29, 0.717) is 12.5 Å². The van der Waals surface area contributed by atoms with Gasteiger partial charge in [0.05, 0.1) is 5.69 Å². The van der Waals surface area contributed by atoms with E-state index in [1.54, 1.807) is 0 Å². The monoisotopic (exact) mass is 265 g/mol. The first-order valence-electron chi connectivity index (χ1n) is 6.94. The van der Waals surface area contributed by atoms with Gasteiger partial charge in [0.25, 0.3) is 0 Å². The lowest BCUT2D eigenvalue weighted by Gasteiger charge is -2.20. The normalized spacial score (nSPS) is 14.2. The first-order chi connectivity index (χ1) is 9.54. The van der Waals surface area contributed by atoms with E-state index in [1.165, 1.54) is 5.56 Å². The lowest BCUT2D eigenvalue weighted by atomic mass is 9.87. The van der Waals surface area contributed by atoms with Gasteiger partial charge in [0, 0.05) is 11.1 Å². The van der Waals surface area contributed by atoms with Crippen molar-refractivity contribution in [1.82, 2.24) is 0 Å². The molecule has 3 rings (SSSR count). The van der Waals surface area contributed by atoms with Crippen LogP contribution in [0.25, 0.3) is 0 Å². The van der Waals surface area contributed by atoms with Crippen LogP contribution in [0.15, 0.2) is 53.5 Å². The van der Waals surface area contributed by atoms with Gasteiger partial charge in [0.1, 0.15) is 6.61 Å². The van der Waals surface area contributed by atoms with Crippen molar-refractivity contribution in [1.29, 1.82) is 0 Å². The van der Waals surface area contributed by atoms with E-state index in [9.17, 15) is 0 Å². The van der Waals surface area contributed by atoms with E-state index in [1.807, 2.05) is 18.2 Å². The van der Waals surface area contributed by atoms with Gasteiger partial charge in [-0.2, -0.15) is 0 Å². The van der Waals surface area contributed by atoms with Crippen molar-refractivity contribution < 1.29 is 4.74 Å². The van der Waals surface area contributed by atoms with E-state index in [0.717, 1.165) is 16.8 Å². The minimum atomic E-state index is 0.167. The molecule has 0 spiro atoms. The third-order valence-corrected chi connectivity index (χ3v) is 3.58. The predicted octanol–water partition coefficient (Wildman–Crippen LogP) is 4.59. The van der Waals surface area contributed by atoms with Crippen molar-refractivity contribution >= 4 is 11.6 Å². The van der Waals surface area contributed by atoms with Gasteiger partial charge in [-0.25, -0.2) is 4.99 Å². The molecule has 0 N–H and O–H groups in total. The zero-order valence-electron chi connectivity index (χ0n) is 12.2. The number of ether oxygens (including phenoxy) is 1. The lowest BCUT2D eigenvalue weighted by Crippen LogP contribution is -2.13. The van der Waals surface area contributed by atoms with Gasteiger partial charge >= 0.3 is 0 Å². The molecule has 0 aliphatic carbocycles. The first kappa shape index (κ1) is 12.9. The second-order valence-electron chi connectivity index (χ2n) is 6.16. The van der Waals surface area contributed by atoms with Gasteiger partial charge in [-0.15, -0.1) is 0 Å². The Labute approximate surface area is 120 Å². The number of benzene rings is 2. The molecule has 20 heavy (non-hydrogen) atoms. The molecule has 2 nitrogen and oxygen atoms in total. The predicted molar refractivity (Wildman–Crippen MR) is 82.6 cm³/mol. The van der Waals surface area contributed by atoms with E-state index in [2.05, 4.69) is 56.1 Å². The Bertz CT molecular complexity index is 648. The molecular formula is C18H19NO. The van der Waals surface area contributed by atoms with Crippen LogP contribution in [-0.2, 0) is 16.8 Å². The summed E-state index contributed by atoms with van der Waals surface area (Å²) in [6, 6.07) is 16.6. The number of rotatable bonds is 1. The highest BCUT2D eigenvalue weighted by Gasteiger charge is 2.16. The van der Waals surface area contributed by atoms with Crippen LogP contribution in [0.2, 0.25) is 0 Å². The van der Waals surface area contributed by atoms with Crippen molar-refractivity contribution in [2.75, 3.05) is 0 Å². The molecule has 2 aromatic rings. The highest BCUT2D eigenvalue weighted by atomic mass is 16.5. The van der Waals surface area contributed by atoms with Gasteiger partial charge in [-0.1, -0.05) is 51.1 Å². The van der Waals surface area contributed by atoms with Crippen LogP contribution in [-0.4, -0.2) is 5.90 Å². The minimum absolute atomic E-state index is 0.167.